The fourth-order valence-electron chi connectivity index (χ4n) is 3.01. The molecule has 0 aromatic heterocycles. The summed E-state index contributed by atoms with van der Waals surface area (Å²) in [6.07, 6.45) is 3.91. The third kappa shape index (κ3) is 4.90. The Morgan fingerprint density at radius 1 is 1.00 bits per heavy atom. The van der Waals surface area contributed by atoms with Crippen molar-refractivity contribution in [2.45, 2.75) is 30.6 Å². The second kappa shape index (κ2) is 8.73. The van der Waals surface area contributed by atoms with E-state index in [9.17, 15) is 13.2 Å². The molecule has 0 unspecified atom stereocenters. The molecule has 3 rings (SSSR count). The molecule has 1 fully saturated rings. The second-order valence-electron chi connectivity index (χ2n) is 6.42. The Hall–Kier alpha value is -1.41. The Morgan fingerprint density at radius 3 is 2.26 bits per heavy atom. The van der Waals surface area contributed by atoms with Crippen LogP contribution in [-0.4, -0.2) is 31.7 Å². The Balaban J connectivity index is 1.75. The van der Waals surface area contributed by atoms with Crippen LogP contribution in [0.3, 0.4) is 0 Å². The van der Waals surface area contributed by atoms with Crippen molar-refractivity contribution in [1.82, 2.24) is 4.31 Å². The van der Waals surface area contributed by atoms with Crippen LogP contribution in [0.5, 0.6) is 0 Å². The summed E-state index contributed by atoms with van der Waals surface area (Å²) in [6.45, 7) is 1.12. The number of anilines is 1. The molecule has 0 spiro atoms. The van der Waals surface area contributed by atoms with Gasteiger partial charge in [-0.1, -0.05) is 40.4 Å². The van der Waals surface area contributed by atoms with E-state index in [2.05, 4.69) is 21.2 Å². The summed E-state index contributed by atoms with van der Waals surface area (Å²) in [5, 5.41) is 3.09. The lowest BCUT2D eigenvalue weighted by Gasteiger charge is -2.20. The molecule has 0 aliphatic carbocycles. The summed E-state index contributed by atoms with van der Waals surface area (Å²) in [6, 6.07) is 11.3. The molecule has 27 heavy (non-hydrogen) atoms. The molecule has 2 aromatic rings. The first-order chi connectivity index (χ1) is 12.9. The maximum absolute atomic E-state index is 12.8. The van der Waals surface area contributed by atoms with Crippen LogP contribution in [-0.2, 0) is 10.0 Å². The van der Waals surface area contributed by atoms with Crippen LogP contribution >= 0.6 is 27.5 Å². The zero-order valence-electron chi connectivity index (χ0n) is 14.6. The number of nitrogens with one attached hydrogen (secondary N) is 1. The van der Waals surface area contributed by atoms with E-state index in [1.165, 1.54) is 12.1 Å². The van der Waals surface area contributed by atoms with Crippen LogP contribution in [0.2, 0.25) is 5.02 Å². The van der Waals surface area contributed by atoms with Gasteiger partial charge in [-0.25, -0.2) is 8.42 Å². The van der Waals surface area contributed by atoms with E-state index >= 15 is 0 Å². The van der Waals surface area contributed by atoms with Gasteiger partial charge in [-0.2, -0.15) is 4.31 Å². The predicted molar refractivity (Wildman–Crippen MR) is 111 cm³/mol. The van der Waals surface area contributed by atoms with Gasteiger partial charge in [0.15, 0.2) is 0 Å². The summed E-state index contributed by atoms with van der Waals surface area (Å²) >= 11 is 9.39. The number of rotatable bonds is 4. The topological polar surface area (TPSA) is 66.5 Å². The molecule has 2 aromatic carbocycles. The summed E-state index contributed by atoms with van der Waals surface area (Å²) in [7, 11) is -3.50. The molecule has 1 N–H and O–H groups in total. The molecular weight excluding hydrogens is 452 g/mol. The predicted octanol–water partition coefficient (Wildman–Crippen LogP) is 4.92. The molecule has 1 amide bonds. The van der Waals surface area contributed by atoms with Crippen LogP contribution in [0.25, 0.3) is 0 Å². The van der Waals surface area contributed by atoms with Crippen molar-refractivity contribution in [2.24, 2.45) is 0 Å². The lowest BCUT2D eigenvalue weighted by Crippen LogP contribution is -2.31. The van der Waals surface area contributed by atoms with Crippen molar-refractivity contribution in [3.05, 3.63) is 57.5 Å². The quantitative estimate of drug-likeness (QED) is 0.688. The van der Waals surface area contributed by atoms with Crippen LogP contribution < -0.4 is 5.32 Å². The third-order valence-electron chi connectivity index (χ3n) is 4.49. The smallest absolute Gasteiger partial charge is 0.257 e. The van der Waals surface area contributed by atoms with Crippen molar-refractivity contribution in [2.75, 3.05) is 18.4 Å². The van der Waals surface area contributed by atoms with Crippen molar-refractivity contribution >= 4 is 49.1 Å². The molecular formula is C19H20BrClN2O3S. The van der Waals surface area contributed by atoms with Gasteiger partial charge in [-0.3, -0.25) is 4.79 Å². The van der Waals surface area contributed by atoms with Gasteiger partial charge in [0.05, 0.1) is 15.5 Å². The fourth-order valence-corrected chi connectivity index (χ4v) is 5.09. The molecule has 5 nitrogen and oxygen atoms in total. The highest BCUT2D eigenvalue weighted by atomic mass is 79.9. The lowest BCUT2D eigenvalue weighted by molar-refractivity contribution is 0.102. The zero-order chi connectivity index (χ0) is 19.4. The number of benzene rings is 2. The van der Waals surface area contributed by atoms with Gasteiger partial charge in [0, 0.05) is 23.2 Å². The minimum absolute atomic E-state index is 0.239. The number of sulfonamides is 1. The average Bonchev–Trinajstić information content (AvgIpc) is 2.94. The molecule has 1 aliphatic heterocycles. The first-order valence-electron chi connectivity index (χ1n) is 8.74. The number of carbonyl (C=O) groups is 1. The van der Waals surface area contributed by atoms with E-state index in [4.69, 9.17) is 11.6 Å². The van der Waals surface area contributed by atoms with E-state index in [-0.39, 0.29) is 10.8 Å². The summed E-state index contributed by atoms with van der Waals surface area (Å²) in [5.41, 5.74) is 0.846. The number of hydrogen-bond acceptors (Lipinski definition) is 3. The molecule has 1 saturated heterocycles. The van der Waals surface area contributed by atoms with E-state index in [0.717, 1.165) is 30.2 Å². The Morgan fingerprint density at radius 2 is 1.63 bits per heavy atom. The summed E-state index contributed by atoms with van der Waals surface area (Å²) < 4.78 is 27.9. The maximum atomic E-state index is 12.8. The van der Waals surface area contributed by atoms with Gasteiger partial charge in [0.25, 0.3) is 5.91 Å². The van der Waals surface area contributed by atoms with Gasteiger partial charge < -0.3 is 5.32 Å². The van der Waals surface area contributed by atoms with Crippen LogP contribution in [0.1, 0.15) is 36.0 Å². The van der Waals surface area contributed by atoms with E-state index < -0.39 is 10.0 Å². The minimum atomic E-state index is -3.50. The van der Waals surface area contributed by atoms with E-state index in [0.29, 0.717) is 29.4 Å². The van der Waals surface area contributed by atoms with Crippen molar-refractivity contribution in [3.8, 4) is 0 Å². The summed E-state index contributed by atoms with van der Waals surface area (Å²) in [4.78, 5) is 12.7. The van der Waals surface area contributed by atoms with Crippen molar-refractivity contribution < 1.29 is 13.2 Å². The number of carbonyl (C=O) groups excluding carboxylic acids is 1. The molecule has 0 atom stereocenters. The van der Waals surface area contributed by atoms with Crippen LogP contribution in [0.4, 0.5) is 5.69 Å². The molecule has 1 aliphatic rings. The molecule has 8 heteroatoms. The van der Waals surface area contributed by atoms with Gasteiger partial charge in [0.1, 0.15) is 0 Å². The highest BCUT2D eigenvalue weighted by molar-refractivity contribution is 9.10. The second-order valence-corrected chi connectivity index (χ2v) is 9.68. The minimum Gasteiger partial charge on any atom is -0.322 e. The van der Waals surface area contributed by atoms with Gasteiger partial charge in [-0.15, -0.1) is 0 Å². The SMILES string of the molecule is O=C(Nc1ccc(S(=O)(=O)N2CCCCCC2)cc1)c1cc(Br)ccc1Cl. The monoisotopic (exact) mass is 470 g/mol. The van der Waals surface area contributed by atoms with Gasteiger partial charge in [-0.05, 0) is 55.3 Å². The zero-order valence-corrected chi connectivity index (χ0v) is 17.8. The molecule has 144 valence electrons. The normalized spacial score (nSPS) is 15.9. The largest absolute Gasteiger partial charge is 0.322 e. The highest BCUT2D eigenvalue weighted by Gasteiger charge is 2.25. The number of amides is 1. The number of nitrogens with zero attached hydrogens (tertiary/aromatic N) is 1. The number of halogens is 2. The van der Waals surface area contributed by atoms with Crippen LogP contribution in [0.15, 0.2) is 51.8 Å². The highest BCUT2D eigenvalue weighted by Crippen LogP contribution is 2.24. The summed E-state index contributed by atoms with van der Waals surface area (Å²) in [5.74, 6) is -0.357. The Labute approximate surface area is 172 Å². The van der Waals surface area contributed by atoms with E-state index in [1.54, 1.807) is 34.6 Å². The lowest BCUT2D eigenvalue weighted by atomic mass is 10.2. The van der Waals surface area contributed by atoms with Crippen molar-refractivity contribution in [3.63, 3.8) is 0 Å². The average molecular weight is 472 g/mol. The first kappa shape index (κ1) is 20.3. The van der Waals surface area contributed by atoms with Crippen molar-refractivity contribution in [1.29, 1.82) is 0 Å². The molecule has 1 heterocycles. The Bertz CT molecular complexity index is 924. The molecule has 0 radical (unpaired) electrons. The maximum Gasteiger partial charge on any atom is 0.257 e. The standard InChI is InChI=1S/C19H20BrClN2O3S/c20-14-5-10-18(21)17(13-14)19(24)22-15-6-8-16(9-7-15)27(25,26)23-11-3-1-2-4-12-23/h5-10,13H,1-4,11-12H2,(H,22,24). The fraction of sp³-hybridized carbons (Fsp3) is 0.316. The van der Waals surface area contributed by atoms with Gasteiger partial charge >= 0.3 is 0 Å². The van der Waals surface area contributed by atoms with E-state index in [1.807, 2.05) is 0 Å². The van der Waals surface area contributed by atoms with Crippen LogP contribution in [0, 0.1) is 0 Å². The molecule has 0 bridgehead atoms. The van der Waals surface area contributed by atoms with Gasteiger partial charge in [0.2, 0.25) is 10.0 Å². The molecule has 0 saturated carbocycles. The number of hydrogen-bond donors (Lipinski definition) is 1. The third-order valence-corrected chi connectivity index (χ3v) is 7.22. The Kier molecular flexibility index (Phi) is 6.57. The first-order valence-corrected chi connectivity index (χ1v) is 11.4.